The number of likely N-dealkylation sites (N-methyl/N-ethyl adjacent to an activating group) is 1. The van der Waals surface area contributed by atoms with E-state index in [0.717, 1.165) is 17.8 Å². The smallest absolute Gasteiger partial charge is 0.337 e. The summed E-state index contributed by atoms with van der Waals surface area (Å²) in [4.78, 5) is 25.5. The van der Waals surface area contributed by atoms with E-state index < -0.39 is 0 Å². The third-order valence-electron chi connectivity index (χ3n) is 3.70. The number of hydrogen-bond acceptors (Lipinski definition) is 4. The van der Waals surface area contributed by atoms with Crippen molar-refractivity contribution in [3.8, 4) is 0 Å². The molecule has 2 rings (SSSR count). The van der Waals surface area contributed by atoms with E-state index in [4.69, 9.17) is 0 Å². The highest BCUT2D eigenvalue weighted by Crippen LogP contribution is 2.12. The van der Waals surface area contributed by atoms with Gasteiger partial charge >= 0.3 is 5.97 Å². The lowest BCUT2D eigenvalue weighted by Gasteiger charge is -2.22. The molecule has 0 heterocycles. The molecule has 126 valence electrons. The number of carbonyl (C=O) groups excluding carboxylic acids is 2. The average Bonchev–Trinajstić information content (AvgIpc) is 2.65. The van der Waals surface area contributed by atoms with Crippen LogP contribution in [-0.4, -0.2) is 32.1 Å². The lowest BCUT2D eigenvalue weighted by atomic mass is 10.1. The van der Waals surface area contributed by atoms with E-state index >= 15 is 0 Å². The number of esters is 1. The molecule has 0 radical (unpaired) electrons. The minimum atomic E-state index is -0.368. The van der Waals surface area contributed by atoms with Gasteiger partial charge in [0.1, 0.15) is 0 Å². The Morgan fingerprint density at radius 1 is 1.04 bits per heavy atom. The number of rotatable bonds is 7. The number of ether oxygens (including phenoxy) is 1. The molecule has 0 aromatic heterocycles. The molecule has 0 unspecified atom stereocenters. The van der Waals surface area contributed by atoms with Gasteiger partial charge in [0.15, 0.2) is 0 Å². The second kappa shape index (κ2) is 8.72. The molecule has 0 aliphatic carbocycles. The Bertz CT molecular complexity index is 669. The van der Waals surface area contributed by atoms with Crippen LogP contribution in [0.5, 0.6) is 0 Å². The van der Waals surface area contributed by atoms with Crippen LogP contribution in [0.3, 0.4) is 0 Å². The van der Waals surface area contributed by atoms with Crippen LogP contribution in [0.25, 0.3) is 0 Å². The van der Waals surface area contributed by atoms with Crippen molar-refractivity contribution in [1.82, 2.24) is 5.32 Å². The van der Waals surface area contributed by atoms with Crippen LogP contribution >= 0.6 is 0 Å². The van der Waals surface area contributed by atoms with Crippen molar-refractivity contribution < 1.29 is 14.3 Å². The molecule has 24 heavy (non-hydrogen) atoms. The average molecular weight is 326 g/mol. The van der Waals surface area contributed by atoms with Crippen LogP contribution in [0.1, 0.15) is 22.8 Å². The van der Waals surface area contributed by atoms with Crippen molar-refractivity contribution in [2.45, 2.75) is 13.5 Å². The van der Waals surface area contributed by atoms with Gasteiger partial charge in [-0.1, -0.05) is 30.3 Å². The summed E-state index contributed by atoms with van der Waals surface area (Å²) < 4.78 is 4.66. The quantitative estimate of drug-likeness (QED) is 0.795. The molecular weight excluding hydrogens is 304 g/mol. The molecule has 0 fully saturated rings. The zero-order valence-electron chi connectivity index (χ0n) is 14.0. The Morgan fingerprint density at radius 3 is 2.29 bits per heavy atom. The first-order chi connectivity index (χ1) is 11.6. The molecule has 1 N–H and O–H groups in total. The molecule has 0 bridgehead atoms. The number of hydrogen-bond donors (Lipinski definition) is 1. The Labute approximate surface area is 142 Å². The fraction of sp³-hybridized carbons (Fsp3) is 0.263. The van der Waals surface area contributed by atoms with E-state index in [9.17, 15) is 9.59 Å². The zero-order valence-corrected chi connectivity index (χ0v) is 14.0. The van der Waals surface area contributed by atoms with Gasteiger partial charge in [-0.05, 0) is 36.8 Å². The van der Waals surface area contributed by atoms with E-state index in [-0.39, 0.29) is 11.9 Å². The number of amides is 1. The van der Waals surface area contributed by atoms with Crippen molar-refractivity contribution >= 4 is 17.6 Å². The van der Waals surface area contributed by atoms with E-state index in [0.29, 0.717) is 18.7 Å². The minimum Gasteiger partial charge on any atom is -0.465 e. The van der Waals surface area contributed by atoms with Gasteiger partial charge in [-0.25, -0.2) is 4.79 Å². The molecule has 0 saturated carbocycles. The summed E-state index contributed by atoms with van der Waals surface area (Å²) in [7, 11) is 1.35. The molecule has 0 saturated heterocycles. The predicted molar refractivity (Wildman–Crippen MR) is 94.0 cm³/mol. The Morgan fingerprint density at radius 2 is 1.71 bits per heavy atom. The second-order valence-corrected chi connectivity index (χ2v) is 5.31. The minimum absolute atomic E-state index is 0.0438. The van der Waals surface area contributed by atoms with Gasteiger partial charge in [0.25, 0.3) is 0 Å². The SMILES string of the molecule is CCN(CC(=O)NCc1ccc(C(=O)OC)cc1)c1ccccc1. The standard InChI is InChI=1S/C19H22N2O3/c1-3-21(17-7-5-4-6-8-17)14-18(22)20-13-15-9-11-16(12-10-15)19(23)24-2/h4-12H,3,13-14H2,1-2H3,(H,20,22). The van der Waals surface area contributed by atoms with E-state index in [1.54, 1.807) is 24.3 Å². The van der Waals surface area contributed by atoms with Crippen molar-refractivity contribution in [2.75, 3.05) is 25.1 Å². The van der Waals surface area contributed by atoms with Crippen LogP contribution in [0.15, 0.2) is 54.6 Å². The summed E-state index contributed by atoms with van der Waals surface area (Å²) in [5.74, 6) is -0.412. The first-order valence-corrected chi connectivity index (χ1v) is 7.88. The highest BCUT2D eigenvalue weighted by molar-refractivity contribution is 5.89. The predicted octanol–water partition coefficient (Wildman–Crippen LogP) is 2.62. The monoisotopic (exact) mass is 326 g/mol. The molecule has 2 aromatic rings. The first-order valence-electron chi connectivity index (χ1n) is 7.88. The highest BCUT2D eigenvalue weighted by Gasteiger charge is 2.10. The van der Waals surface area contributed by atoms with Crippen LogP contribution in [0.4, 0.5) is 5.69 Å². The molecule has 0 atom stereocenters. The zero-order chi connectivity index (χ0) is 17.4. The number of para-hydroxylation sites is 1. The number of methoxy groups -OCH3 is 1. The Kier molecular flexibility index (Phi) is 6.37. The lowest BCUT2D eigenvalue weighted by molar-refractivity contribution is -0.119. The lowest BCUT2D eigenvalue weighted by Crippen LogP contribution is -2.36. The Balaban J connectivity index is 1.87. The van der Waals surface area contributed by atoms with Gasteiger partial charge in [-0.15, -0.1) is 0 Å². The number of nitrogens with zero attached hydrogens (tertiary/aromatic N) is 1. The van der Waals surface area contributed by atoms with Gasteiger partial charge in [0, 0.05) is 18.8 Å². The summed E-state index contributed by atoms with van der Waals surface area (Å²) in [5, 5.41) is 2.90. The number of anilines is 1. The van der Waals surface area contributed by atoms with Gasteiger partial charge in [-0.2, -0.15) is 0 Å². The molecule has 0 aliphatic rings. The van der Waals surface area contributed by atoms with Crippen molar-refractivity contribution in [3.63, 3.8) is 0 Å². The summed E-state index contributed by atoms with van der Waals surface area (Å²) in [6.45, 7) is 3.50. The van der Waals surface area contributed by atoms with Crippen LogP contribution in [0.2, 0.25) is 0 Å². The van der Waals surface area contributed by atoms with Gasteiger partial charge in [0.05, 0.1) is 19.2 Å². The Hall–Kier alpha value is -2.82. The van der Waals surface area contributed by atoms with E-state index in [1.807, 2.05) is 42.2 Å². The number of nitrogens with one attached hydrogen (secondary N) is 1. The number of benzene rings is 2. The fourth-order valence-electron chi connectivity index (χ4n) is 2.33. The molecule has 5 heteroatoms. The third kappa shape index (κ3) is 4.84. The highest BCUT2D eigenvalue weighted by atomic mass is 16.5. The van der Waals surface area contributed by atoms with Crippen molar-refractivity contribution in [1.29, 1.82) is 0 Å². The molecular formula is C19H22N2O3. The summed E-state index contributed by atoms with van der Waals surface area (Å²) in [6, 6.07) is 16.8. The maximum atomic E-state index is 12.2. The van der Waals surface area contributed by atoms with E-state index in [1.165, 1.54) is 7.11 Å². The summed E-state index contributed by atoms with van der Waals surface area (Å²) in [5.41, 5.74) is 2.45. The van der Waals surface area contributed by atoms with Gasteiger partial charge < -0.3 is 15.0 Å². The fourth-order valence-corrected chi connectivity index (χ4v) is 2.33. The normalized spacial score (nSPS) is 10.1. The van der Waals surface area contributed by atoms with Gasteiger partial charge in [0.2, 0.25) is 5.91 Å². The van der Waals surface area contributed by atoms with Crippen molar-refractivity contribution in [2.24, 2.45) is 0 Å². The van der Waals surface area contributed by atoms with Crippen molar-refractivity contribution in [3.05, 3.63) is 65.7 Å². The van der Waals surface area contributed by atoms with Gasteiger partial charge in [-0.3, -0.25) is 4.79 Å². The largest absolute Gasteiger partial charge is 0.465 e. The maximum Gasteiger partial charge on any atom is 0.337 e. The van der Waals surface area contributed by atoms with Crippen LogP contribution in [-0.2, 0) is 16.1 Å². The number of carbonyl (C=O) groups is 2. The van der Waals surface area contributed by atoms with E-state index in [2.05, 4.69) is 10.1 Å². The second-order valence-electron chi connectivity index (χ2n) is 5.31. The molecule has 0 aliphatic heterocycles. The first kappa shape index (κ1) is 17.5. The van der Waals surface area contributed by atoms with Crippen LogP contribution in [0, 0.1) is 0 Å². The molecule has 5 nitrogen and oxygen atoms in total. The molecule has 1 amide bonds. The topological polar surface area (TPSA) is 58.6 Å². The molecule has 2 aromatic carbocycles. The molecule has 0 spiro atoms. The summed E-state index contributed by atoms with van der Waals surface area (Å²) in [6.07, 6.45) is 0. The summed E-state index contributed by atoms with van der Waals surface area (Å²) >= 11 is 0. The maximum absolute atomic E-state index is 12.2. The third-order valence-corrected chi connectivity index (χ3v) is 3.70. The van der Waals surface area contributed by atoms with Crippen LogP contribution < -0.4 is 10.2 Å².